The first-order chi connectivity index (χ1) is 10.2. The Morgan fingerprint density at radius 1 is 1.10 bits per heavy atom. The molecule has 0 aliphatic heterocycles. The van der Waals surface area contributed by atoms with Crippen molar-refractivity contribution in [3.8, 4) is 11.3 Å². The Labute approximate surface area is 138 Å². The highest BCUT2D eigenvalue weighted by atomic mass is 35.5. The van der Waals surface area contributed by atoms with E-state index in [2.05, 4.69) is 42.6 Å². The van der Waals surface area contributed by atoms with Crippen LogP contribution in [0.4, 0.5) is 0 Å². The van der Waals surface area contributed by atoms with Gasteiger partial charge in [0.05, 0.1) is 5.69 Å². The molecular weight excluding hydrogens is 318 g/mol. The molecule has 3 rings (SSSR count). The molecule has 0 fully saturated rings. The van der Waals surface area contributed by atoms with Crippen LogP contribution in [0.15, 0.2) is 58.3 Å². The molecule has 0 N–H and O–H groups in total. The molecule has 3 aromatic rings. The van der Waals surface area contributed by atoms with Gasteiger partial charge in [0, 0.05) is 21.7 Å². The van der Waals surface area contributed by atoms with Gasteiger partial charge in [-0.25, -0.2) is 4.98 Å². The predicted octanol–water partition coefficient (Wildman–Crippen LogP) is 6.06. The zero-order valence-electron chi connectivity index (χ0n) is 11.5. The Bertz CT molecular complexity index is 735. The summed E-state index contributed by atoms with van der Waals surface area (Å²) in [4.78, 5) is 4.69. The first-order valence-corrected chi connectivity index (χ1v) is 8.85. The zero-order chi connectivity index (χ0) is 14.7. The van der Waals surface area contributed by atoms with Crippen LogP contribution in [0.25, 0.3) is 11.3 Å². The second kappa shape index (κ2) is 6.65. The lowest BCUT2D eigenvalue weighted by molar-refractivity contribution is 1.24. The monoisotopic (exact) mass is 331 g/mol. The summed E-state index contributed by atoms with van der Waals surface area (Å²) < 4.78 is 1.07. The first-order valence-electron chi connectivity index (χ1n) is 6.61. The number of hydrogen-bond acceptors (Lipinski definition) is 3. The van der Waals surface area contributed by atoms with E-state index in [1.165, 1.54) is 11.1 Å². The maximum Gasteiger partial charge on any atom is 0.150 e. The van der Waals surface area contributed by atoms with Crippen LogP contribution in [0.1, 0.15) is 11.1 Å². The summed E-state index contributed by atoms with van der Waals surface area (Å²) in [6, 6.07) is 16.4. The van der Waals surface area contributed by atoms with E-state index in [1.807, 2.05) is 18.2 Å². The van der Waals surface area contributed by atoms with Crippen molar-refractivity contribution in [3.63, 3.8) is 0 Å². The SMILES string of the molecule is Cc1ccc(-c2csc(SCc3ccccc3Cl)n2)cc1. The molecule has 1 heterocycles. The number of aryl methyl sites for hydroxylation is 1. The van der Waals surface area contributed by atoms with Crippen molar-refractivity contribution < 1.29 is 0 Å². The van der Waals surface area contributed by atoms with Crippen molar-refractivity contribution in [2.45, 2.75) is 17.0 Å². The molecule has 0 radical (unpaired) electrons. The quantitative estimate of drug-likeness (QED) is 0.538. The fourth-order valence-electron chi connectivity index (χ4n) is 1.94. The smallest absolute Gasteiger partial charge is 0.150 e. The number of benzene rings is 2. The van der Waals surface area contributed by atoms with E-state index in [-0.39, 0.29) is 0 Å². The van der Waals surface area contributed by atoms with Crippen LogP contribution < -0.4 is 0 Å². The van der Waals surface area contributed by atoms with Gasteiger partial charge in [-0.15, -0.1) is 11.3 Å². The van der Waals surface area contributed by atoms with E-state index in [1.54, 1.807) is 23.1 Å². The highest BCUT2D eigenvalue weighted by molar-refractivity contribution is 8.00. The number of halogens is 1. The van der Waals surface area contributed by atoms with Crippen LogP contribution in [0.5, 0.6) is 0 Å². The molecule has 1 aromatic heterocycles. The fourth-order valence-corrected chi connectivity index (χ4v) is 4.06. The van der Waals surface area contributed by atoms with Crippen molar-refractivity contribution in [3.05, 3.63) is 70.1 Å². The average molecular weight is 332 g/mol. The lowest BCUT2D eigenvalue weighted by Crippen LogP contribution is -1.82. The molecule has 21 heavy (non-hydrogen) atoms. The number of rotatable bonds is 4. The van der Waals surface area contributed by atoms with Gasteiger partial charge in [0.25, 0.3) is 0 Å². The summed E-state index contributed by atoms with van der Waals surface area (Å²) in [7, 11) is 0. The molecule has 2 aromatic carbocycles. The highest BCUT2D eigenvalue weighted by Gasteiger charge is 2.06. The number of thioether (sulfide) groups is 1. The Morgan fingerprint density at radius 3 is 2.62 bits per heavy atom. The van der Waals surface area contributed by atoms with Crippen molar-refractivity contribution in [2.75, 3.05) is 0 Å². The van der Waals surface area contributed by atoms with Gasteiger partial charge < -0.3 is 0 Å². The second-order valence-corrected chi connectivity index (χ2v) is 7.23. The maximum absolute atomic E-state index is 6.18. The predicted molar refractivity (Wildman–Crippen MR) is 93.3 cm³/mol. The standard InChI is InChI=1S/C17H14ClNS2/c1-12-6-8-13(9-7-12)16-11-21-17(19-16)20-10-14-4-2-3-5-15(14)18/h2-9,11H,10H2,1H3. The van der Waals surface area contributed by atoms with Crippen LogP contribution in [-0.2, 0) is 5.75 Å². The van der Waals surface area contributed by atoms with E-state index in [9.17, 15) is 0 Å². The van der Waals surface area contributed by atoms with Gasteiger partial charge in [0.2, 0.25) is 0 Å². The molecule has 0 atom stereocenters. The summed E-state index contributed by atoms with van der Waals surface area (Å²) >= 11 is 9.59. The molecule has 0 aliphatic rings. The number of hydrogen-bond donors (Lipinski definition) is 0. The molecule has 106 valence electrons. The van der Waals surface area contributed by atoms with Gasteiger partial charge in [0.15, 0.2) is 4.34 Å². The number of thiazole rings is 1. The average Bonchev–Trinajstić information content (AvgIpc) is 2.96. The minimum Gasteiger partial charge on any atom is -0.230 e. The Kier molecular flexibility index (Phi) is 4.63. The van der Waals surface area contributed by atoms with E-state index < -0.39 is 0 Å². The fraction of sp³-hybridized carbons (Fsp3) is 0.118. The van der Waals surface area contributed by atoms with Crippen molar-refractivity contribution in [2.24, 2.45) is 0 Å². The van der Waals surface area contributed by atoms with Crippen LogP contribution in [-0.4, -0.2) is 4.98 Å². The van der Waals surface area contributed by atoms with Crippen LogP contribution in [0, 0.1) is 6.92 Å². The summed E-state index contributed by atoms with van der Waals surface area (Å²) in [5, 5.41) is 2.93. The molecular formula is C17H14ClNS2. The molecule has 0 aliphatic carbocycles. The third-order valence-corrected chi connectivity index (χ3v) is 5.58. The molecule has 0 unspecified atom stereocenters. The molecule has 1 nitrogen and oxygen atoms in total. The Morgan fingerprint density at radius 2 is 1.86 bits per heavy atom. The Hall–Kier alpha value is -1.29. The molecule has 0 bridgehead atoms. The maximum atomic E-state index is 6.18. The van der Waals surface area contributed by atoms with E-state index >= 15 is 0 Å². The lowest BCUT2D eigenvalue weighted by Gasteiger charge is -2.01. The summed E-state index contributed by atoms with van der Waals surface area (Å²) in [6.45, 7) is 2.09. The van der Waals surface area contributed by atoms with Gasteiger partial charge in [0.1, 0.15) is 0 Å². The van der Waals surface area contributed by atoms with Gasteiger partial charge in [-0.05, 0) is 18.6 Å². The van der Waals surface area contributed by atoms with Gasteiger partial charge in [-0.3, -0.25) is 0 Å². The summed E-state index contributed by atoms with van der Waals surface area (Å²) in [5.74, 6) is 0.848. The van der Waals surface area contributed by atoms with Crippen LogP contribution in [0.3, 0.4) is 0 Å². The van der Waals surface area contributed by atoms with Gasteiger partial charge in [-0.1, -0.05) is 71.4 Å². The lowest BCUT2D eigenvalue weighted by atomic mass is 10.1. The zero-order valence-corrected chi connectivity index (χ0v) is 13.9. The van der Waals surface area contributed by atoms with Gasteiger partial charge >= 0.3 is 0 Å². The number of aromatic nitrogens is 1. The number of nitrogens with zero attached hydrogens (tertiary/aromatic N) is 1. The topological polar surface area (TPSA) is 12.9 Å². The van der Waals surface area contributed by atoms with E-state index in [0.29, 0.717) is 0 Å². The van der Waals surface area contributed by atoms with E-state index in [0.717, 1.165) is 26.4 Å². The van der Waals surface area contributed by atoms with Crippen molar-refractivity contribution >= 4 is 34.7 Å². The summed E-state index contributed by atoms with van der Waals surface area (Å²) in [5.41, 5.74) is 4.63. The Balaban J connectivity index is 1.71. The van der Waals surface area contributed by atoms with Crippen molar-refractivity contribution in [1.82, 2.24) is 4.98 Å². The van der Waals surface area contributed by atoms with Gasteiger partial charge in [-0.2, -0.15) is 0 Å². The molecule has 0 saturated carbocycles. The summed E-state index contributed by atoms with van der Waals surface area (Å²) in [6.07, 6.45) is 0. The third-order valence-electron chi connectivity index (χ3n) is 3.14. The third kappa shape index (κ3) is 3.67. The van der Waals surface area contributed by atoms with Crippen molar-refractivity contribution in [1.29, 1.82) is 0 Å². The normalized spacial score (nSPS) is 10.8. The molecule has 4 heteroatoms. The van der Waals surface area contributed by atoms with E-state index in [4.69, 9.17) is 16.6 Å². The van der Waals surface area contributed by atoms with Crippen LogP contribution >= 0.6 is 34.7 Å². The minimum absolute atomic E-state index is 0.820. The molecule has 0 saturated heterocycles. The minimum atomic E-state index is 0.820. The highest BCUT2D eigenvalue weighted by Crippen LogP contribution is 2.31. The molecule has 0 spiro atoms. The second-order valence-electron chi connectivity index (χ2n) is 4.74. The largest absolute Gasteiger partial charge is 0.230 e. The first kappa shape index (κ1) is 14.6. The molecule has 0 amide bonds. The van der Waals surface area contributed by atoms with Crippen LogP contribution in [0.2, 0.25) is 5.02 Å².